The molecule has 18 N–H and O–H groups in total. The lowest BCUT2D eigenvalue weighted by Gasteiger charge is -2.30. The molecule has 1 aliphatic rings. The summed E-state index contributed by atoms with van der Waals surface area (Å²) in [6.45, 7) is 8.54. The number of carbonyl (C=O) groups is 9. The summed E-state index contributed by atoms with van der Waals surface area (Å²) in [6, 6.07) is -1.40. The van der Waals surface area contributed by atoms with Crippen LogP contribution in [0.1, 0.15) is 124 Å². The maximum Gasteiger partial charge on any atom is 0.336 e. The molecule has 0 unspecified atom stereocenters. The molecule has 24 heteroatoms. The quantitative estimate of drug-likeness (QED) is 0.0485. The average Bonchev–Trinajstić information content (AvgIpc) is 3.34. The molecule has 0 spiro atoms. The van der Waals surface area contributed by atoms with E-state index in [1.54, 1.807) is 30.3 Å². The molecule has 1 heterocycles. The molecular formula is C50H88N14O10. The highest BCUT2D eigenvalue weighted by Gasteiger charge is 2.35. The summed E-state index contributed by atoms with van der Waals surface area (Å²) < 4.78 is 0. The van der Waals surface area contributed by atoms with E-state index in [-0.39, 0.29) is 102 Å². The van der Waals surface area contributed by atoms with Gasteiger partial charge < -0.3 is 70.6 Å². The lowest BCUT2D eigenvalue weighted by Crippen LogP contribution is -2.62. The Labute approximate surface area is 436 Å². The van der Waals surface area contributed by atoms with Crippen LogP contribution in [0.25, 0.3) is 0 Å². The molecule has 74 heavy (non-hydrogen) atoms. The third-order valence-corrected chi connectivity index (χ3v) is 12.1. The lowest BCUT2D eigenvalue weighted by atomic mass is 10.0. The van der Waals surface area contributed by atoms with E-state index in [0.29, 0.717) is 12.0 Å². The van der Waals surface area contributed by atoms with Crippen molar-refractivity contribution in [2.75, 3.05) is 39.3 Å². The Kier molecular flexibility index (Phi) is 30.6. The number of nitrogens with one attached hydrogen (secondary N) is 9. The Hall–Kier alpha value is -5.95. The Balaban J connectivity index is 2.68. The van der Waals surface area contributed by atoms with Crippen molar-refractivity contribution in [2.45, 2.75) is 173 Å². The topological polar surface area (TPSA) is 389 Å². The van der Waals surface area contributed by atoms with Crippen LogP contribution >= 0.6 is 0 Å². The predicted octanol–water partition coefficient (Wildman–Crippen LogP) is -1.72. The van der Waals surface area contributed by atoms with Crippen LogP contribution in [0.15, 0.2) is 30.3 Å². The molecule has 0 radical (unpaired) electrons. The molecule has 2 rings (SSSR count). The van der Waals surface area contributed by atoms with Crippen molar-refractivity contribution >= 4 is 53.3 Å². The van der Waals surface area contributed by atoms with Gasteiger partial charge in [-0.3, -0.25) is 43.8 Å². The molecule has 1 aromatic carbocycles. The van der Waals surface area contributed by atoms with Crippen molar-refractivity contribution in [3.05, 3.63) is 35.9 Å². The number of hydrogen-bond acceptors (Lipinski definition) is 14. The van der Waals surface area contributed by atoms with E-state index in [1.165, 1.54) is 0 Å². The van der Waals surface area contributed by atoms with E-state index in [9.17, 15) is 48.3 Å². The molecule has 1 aromatic rings. The van der Waals surface area contributed by atoms with Crippen LogP contribution in [0.2, 0.25) is 0 Å². The third-order valence-electron chi connectivity index (χ3n) is 12.1. The van der Waals surface area contributed by atoms with Gasteiger partial charge in [0, 0.05) is 19.5 Å². The van der Waals surface area contributed by atoms with Crippen LogP contribution in [-0.4, -0.2) is 151 Å². The standard InChI is InChI=1S/C50H88N14O10/c1-6-7-8-9-13-16-34(65)30-42(66)56-35(17-21-51)44(68)58-38-20-25-55-43(67)39(27-31(2)3)59-46(70)37(19-23-53)62-50(74)64(26-24-54)63-49(73)40(28-32(4)5)60-48(72)41(29-33-14-11-10-12-15-33)61-45(69)36(18-22-52)57-47(38)71/h10-12,14-15,31-32,34-41,65H,6-9,13,16-30,51-54H2,1-5H3,(H,55,67)(H,56,66)(H,57,71)(H,58,68)(H,59,70)(H,60,72)(H,61,69)(H,62,74)(H,63,73)/t34-,35-,36+,37+,38+,39+,40+,41-/m1/s1. The van der Waals surface area contributed by atoms with Gasteiger partial charge in [-0.05, 0) is 82.0 Å². The molecule has 1 saturated heterocycles. The fourth-order valence-corrected chi connectivity index (χ4v) is 8.19. The minimum Gasteiger partial charge on any atom is -0.393 e. The lowest BCUT2D eigenvalue weighted by molar-refractivity contribution is -0.136. The van der Waals surface area contributed by atoms with Gasteiger partial charge in [0.25, 0.3) is 5.91 Å². The second-order valence-electron chi connectivity index (χ2n) is 19.7. The number of aliphatic hydroxyl groups is 1. The third kappa shape index (κ3) is 24.4. The highest BCUT2D eigenvalue weighted by Crippen LogP contribution is 2.13. The molecule has 0 saturated carbocycles. The van der Waals surface area contributed by atoms with Crippen molar-refractivity contribution in [2.24, 2.45) is 34.8 Å². The minimum atomic E-state index is -1.47. The number of unbranched alkanes of at least 4 members (excludes halogenated alkanes) is 4. The number of hydrogen-bond donors (Lipinski definition) is 14. The van der Waals surface area contributed by atoms with Crippen LogP contribution < -0.4 is 70.9 Å². The zero-order valence-corrected chi connectivity index (χ0v) is 44.2. The van der Waals surface area contributed by atoms with Crippen molar-refractivity contribution in [3.63, 3.8) is 0 Å². The van der Waals surface area contributed by atoms with Crippen molar-refractivity contribution < 1.29 is 48.3 Å². The molecule has 24 nitrogen and oxygen atoms in total. The Morgan fingerprint density at radius 1 is 0.662 bits per heavy atom. The van der Waals surface area contributed by atoms with Crippen LogP contribution in [0, 0.1) is 11.8 Å². The molecule has 1 aliphatic heterocycles. The van der Waals surface area contributed by atoms with E-state index in [1.807, 2.05) is 27.7 Å². The summed E-state index contributed by atoms with van der Waals surface area (Å²) in [7, 11) is 0. The summed E-state index contributed by atoms with van der Waals surface area (Å²) >= 11 is 0. The summed E-state index contributed by atoms with van der Waals surface area (Å²) in [4.78, 5) is 126. The van der Waals surface area contributed by atoms with Gasteiger partial charge >= 0.3 is 6.03 Å². The highest BCUT2D eigenvalue weighted by molar-refractivity contribution is 5.97. The number of aliphatic hydroxyl groups excluding tert-OH is 1. The fourth-order valence-electron chi connectivity index (χ4n) is 8.19. The number of rotatable bonds is 25. The normalized spacial score (nSPS) is 22.1. The summed E-state index contributed by atoms with van der Waals surface area (Å²) in [6.07, 6.45) is 3.54. The number of nitrogens with zero attached hydrogens (tertiary/aromatic N) is 1. The SMILES string of the molecule is CCCCCCC[C@@H](O)CC(=O)N[C@H](CCN)C(=O)N[C@H]1CCNC(=O)[C@H](CC(C)C)NC(=O)[C@H](CCN)NC(=O)N(CCN)NC(=O)[C@H](CC(C)C)NC(=O)[C@@H](Cc2ccccc2)NC(=O)[C@H](CCN)NC1=O. The van der Waals surface area contributed by atoms with E-state index in [2.05, 4.69) is 54.9 Å². The number of benzene rings is 1. The molecule has 0 aliphatic carbocycles. The molecule has 418 valence electrons. The highest BCUT2D eigenvalue weighted by atomic mass is 16.3. The fraction of sp³-hybridized carbons (Fsp3) is 0.700. The first-order valence-electron chi connectivity index (χ1n) is 26.3. The van der Waals surface area contributed by atoms with Crippen molar-refractivity contribution in [1.82, 2.24) is 53.0 Å². The first-order chi connectivity index (χ1) is 35.3. The number of carbonyl (C=O) groups excluding carboxylic acids is 9. The largest absolute Gasteiger partial charge is 0.393 e. The molecule has 0 bridgehead atoms. The first-order valence-corrected chi connectivity index (χ1v) is 26.3. The Bertz CT molecular complexity index is 1930. The maximum atomic E-state index is 14.4. The van der Waals surface area contributed by atoms with Gasteiger partial charge in [-0.25, -0.2) is 9.80 Å². The van der Waals surface area contributed by atoms with Gasteiger partial charge in [-0.15, -0.1) is 0 Å². The van der Waals surface area contributed by atoms with E-state index >= 15 is 0 Å². The Morgan fingerprint density at radius 3 is 1.78 bits per heavy atom. The first kappa shape index (κ1) is 64.2. The van der Waals surface area contributed by atoms with Gasteiger partial charge in [0.1, 0.15) is 42.3 Å². The number of hydrazine groups is 1. The van der Waals surface area contributed by atoms with Crippen LogP contribution in [0.3, 0.4) is 0 Å². The summed E-state index contributed by atoms with van der Waals surface area (Å²) in [5.41, 5.74) is 26.7. The van der Waals surface area contributed by atoms with Crippen molar-refractivity contribution in [3.8, 4) is 0 Å². The van der Waals surface area contributed by atoms with E-state index in [4.69, 9.17) is 22.9 Å². The average molecular weight is 1050 g/mol. The van der Waals surface area contributed by atoms with Crippen LogP contribution in [0.4, 0.5) is 4.79 Å². The zero-order chi connectivity index (χ0) is 55.2. The van der Waals surface area contributed by atoms with Gasteiger partial charge in [0.2, 0.25) is 41.4 Å². The number of amides is 10. The molecule has 1 fully saturated rings. The second-order valence-corrected chi connectivity index (χ2v) is 19.7. The molecule has 0 aromatic heterocycles. The monoisotopic (exact) mass is 1040 g/mol. The zero-order valence-electron chi connectivity index (χ0n) is 44.2. The van der Waals surface area contributed by atoms with Gasteiger partial charge in [0.15, 0.2) is 0 Å². The van der Waals surface area contributed by atoms with Crippen LogP contribution in [-0.2, 0) is 44.8 Å². The summed E-state index contributed by atoms with van der Waals surface area (Å²) in [5, 5.41) is 32.8. The van der Waals surface area contributed by atoms with Gasteiger partial charge in [-0.1, -0.05) is 97.1 Å². The van der Waals surface area contributed by atoms with E-state index in [0.717, 1.165) is 37.1 Å². The predicted molar refractivity (Wildman–Crippen MR) is 280 cm³/mol. The second kappa shape index (κ2) is 35.3. The minimum absolute atomic E-state index is 0.0463. The maximum absolute atomic E-state index is 14.4. The molecular weight excluding hydrogens is 957 g/mol. The van der Waals surface area contributed by atoms with Gasteiger partial charge in [0.05, 0.1) is 19.1 Å². The van der Waals surface area contributed by atoms with Gasteiger partial charge in [-0.2, -0.15) is 0 Å². The molecule has 10 amide bonds. The smallest absolute Gasteiger partial charge is 0.336 e. The van der Waals surface area contributed by atoms with Crippen molar-refractivity contribution in [1.29, 1.82) is 0 Å². The number of urea groups is 1. The summed E-state index contributed by atoms with van der Waals surface area (Å²) in [5.74, 6) is -6.48. The van der Waals surface area contributed by atoms with E-state index < -0.39 is 102 Å². The number of nitrogens with two attached hydrogens (primary N) is 4. The molecule has 8 atom stereocenters. The Morgan fingerprint density at radius 2 is 1.22 bits per heavy atom. The van der Waals surface area contributed by atoms with Crippen LogP contribution in [0.5, 0.6) is 0 Å².